The third-order valence-electron chi connectivity index (χ3n) is 12.1. The van der Waals surface area contributed by atoms with Crippen molar-refractivity contribution in [3.63, 3.8) is 0 Å². The molecule has 0 aliphatic rings. The van der Waals surface area contributed by atoms with Crippen molar-refractivity contribution < 1.29 is 38.9 Å². The first kappa shape index (κ1) is 62.6. The minimum absolute atomic E-state index is 0. The van der Waals surface area contributed by atoms with Crippen molar-refractivity contribution in [2.45, 2.75) is 245 Å². The van der Waals surface area contributed by atoms with Crippen LogP contribution in [0.25, 0.3) is 0 Å². The number of carbonyl (C=O) groups is 4. The van der Waals surface area contributed by atoms with E-state index in [1.165, 1.54) is 242 Å². The first-order chi connectivity index (χ1) is 31.3. The Labute approximate surface area is 426 Å². The molecule has 0 amide bonds. The Morgan fingerprint density at radius 1 is 0.338 bits per heavy atom. The van der Waals surface area contributed by atoms with Crippen LogP contribution >= 0.6 is 0 Å². The molecule has 0 saturated carbocycles. The Balaban J connectivity index is 0.00000124. The van der Waals surface area contributed by atoms with Crippen molar-refractivity contribution in [3.05, 3.63) is 70.8 Å². The van der Waals surface area contributed by atoms with Gasteiger partial charge in [0.15, 0.2) is 0 Å². The van der Waals surface area contributed by atoms with Crippen LogP contribution in [0.1, 0.15) is 286 Å². The fourth-order valence-corrected chi connectivity index (χ4v) is 8.05. The first-order valence-electron chi connectivity index (χ1n) is 26.3. The van der Waals surface area contributed by atoms with Gasteiger partial charge in [0.25, 0.3) is 0 Å². The van der Waals surface area contributed by atoms with Gasteiger partial charge < -0.3 is 29.3 Å². The van der Waals surface area contributed by atoms with Gasteiger partial charge in [-0.25, -0.2) is 9.59 Å². The third-order valence-corrected chi connectivity index (χ3v) is 12.1. The topological polar surface area (TPSA) is 133 Å². The van der Waals surface area contributed by atoms with Gasteiger partial charge >= 0.3 is 49.7 Å². The number of hydrogen-bond donors (Lipinski definition) is 0. The van der Waals surface area contributed by atoms with Crippen LogP contribution in [-0.4, -0.2) is 74.8 Å². The van der Waals surface area contributed by atoms with Gasteiger partial charge in [-0.1, -0.05) is 256 Å². The van der Waals surface area contributed by atoms with Gasteiger partial charge in [0.2, 0.25) is 0 Å². The molecule has 2 aromatic carbocycles. The number of ether oxygens (including phenoxy) is 2. The zero-order valence-corrected chi connectivity index (χ0v) is 43.7. The Kier molecular flexibility index (Phi) is 44.9. The molecular formula is C56H90CaO8. The molecule has 0 aromatic heterocycles. The Hall–Kier alpha value is -2.42. The summed E-state index contributed by atoms with van der Waals surface area (Å²) in [6.45, 7) is 5.31. The van der Waals surface area contributed by atoms with E-state index in [4.69, 9.17) is 9.47 Å². The minimum Gasteiger partial charge on any atom is -0.545 e. The number of carboxylic acid groups (broad SMARTS) is 2. The maximum absolute atomic E-state index is 12.0. The molecule has 364 valence electrons. The Morgan fingerprint density at radius 2 is 0.538 bits per heavy atom. The molecule has 0 spiro atoms. The second-order valence-electron chi connectivity index (χ2n) is 18.0. The van der Waals surface area contributed by atoms with Crippen LogP contribution in [0, 0.1) is 0 Å². The van der Waals surface area contributed by atoms with Gasteiger partial charge in [0.1, 0.15) is 0 Å². The van der Waals surface area contributed by atoms with E-state index in [0.29, 0.717) is 13.2 Å². The van der Waals surface area contributed by atoms with Gasteiger partial charge in [-0.05, 0) is 48.2 Å². The normalized spacial score (nSPS) is 10.7. The van der Waals surface area contributed by atoms with E-state index in [0.717, 1.165) is 25.7 Å². The second-order valence-corrected chi connectivity index (χ2v) is 18.0. The van der Waals surface area contributed by atoms with Crippen LogP contribution in [-0.2, 0) is 9.47 Å². The van der Waals surface area contributed by atoms with E-state index < -0.39 is 23.9 Å². The molecule has 0 radical (unpaired) electrons. The van der Waals surface area contributed by atoms with Gasteiger partial charge in [-0.15, -0.1) is 0 Å². The summed E-state index contributed by atoms with van der Waals surface area (Å²) in [4.78, 5) is 45.6. The summed E-state index contributed by atoms with van der Waals surface area (Å²) in [7, 11) is 0. The number of benzene rings is 2. The van der Waals surface area contributed by atoms with Crippen molar-refractivity contribution >= 4 is 61.6 Å². The number of hydrogen-bond acceptors (Lipinski definition) is 8. The molecule has 0 atom stereocenters. The number of rotatable bonds is 42. The number of carbonyl (C=O) groups excluding carboxylic acids is 4. The van der Waals surface area contributed by atoms with Crippen molar-refractivity contribution in [3.8, 4) is 0 Å². The molecule has 0 bridgehead atoms. The fraction of sp³-hybridized carbons (Fsp3) is 0.714. The zero-order chi connectivity index (χ0) is 46.6. The molecule has 65 heavy (non-hydrogen) atoms. The van der Waals surface area contributed by atoms with E-state index >= 15 is 0 Å². The maximum Gasteiger partial charge on any atom is 2.00 e. The predicted octanol–water partition coefficient (Wildman–Crippen LogP) is 14.1. The predicted molar refractivity (Wildman–Crippen MR) is 265 cm³/mol. The van der Waals surface area contributed by atoms with Crippen LogP contribution in [0.3, 0.4) is 0 Å². The monoisotopic (exact) mass is 931 g/mol. The van der Waals surface area contributed by atoms with Crippen molar-refractivity contribution in [2.75, 3.05) is 13.2 Å². The smallest absolute Gasteiger partial charge is 0.545 e. The summed E-state index contributed by atoms with van der Waals surface area (Å²) in [6, 6.07) is 11.6. The van der Waals surface area contributed by atoms with Crippen LogP contribution < -0.4 is 10.2 Å². The fourth-order valence-electron chi connectivity index (χ4n) is 8.05. The molecule has 0 aliphatic heterocycles. The van der Waals surface area contributed by atoms with E-state index in [1.807, 2.05) is 0 Å². The average molecular weight is 931 g/mol. The number of aromatic carboxylic acids is 2. The van der Waals surface area contributed by atoms with Crippen LogP contribution in [0.4, 0.5) is 0 Å². The molecule has 0 saturated heterocycles. The molecule has 8 nitrogen and oxygen atoms in total. The average Bonchev–Trinajstić information content (AvgIpc) is 3.30. The summed E-state index contributed by atoms with van der Waals surface area (Å²) in [5.41, 5.74) is 0.503. The number of carboxylic acids is 2. The summed E-state index contributed by atoms with van der Waals surface area (Å²) in [6.07, 6.45) is 47.6. The minimum atomic E-state index is -1.29. The second kappa shape index (κ2) is 46.7. The van der Waals surface area contributed by atoms with Gasteiger partial charge in [0, 0.05) is 0 Å². The molecule has 2 aromatic rings. The van der Waals surface area contributed by atoms with E-state index in [9.17, 15) is 29.4 Å². The van der Waals surface area contributed by atoms with Gasteiger partial charge in [0.05, 0.1) is 36.3 Å². The van der Waals surface area contributed by atoms with Crippen LogP contribution in [0.15, 0.2) is 48.5 Å². The van der Waals surface area contributed by atoms with Crippen molar-refractivity contribution in [2.24, 2.45) is 0 Å². The SMILES string of the molecule is CCCCCCCCCCCCCCCCCCCCOC(=O)c1cccc(C(=O)[O-])c1.CCCCCCCCCCCCCCCCCCCCOC(=O)c1cccc(C(=O)[O-])c1.[Ca+2]. The molecule has 0 N–H and O–H groups in total. The maximum atomic E-state index is 12.0. The molecule has 0 fully saturated rings. The largest absolute Gasteiger partial charge is 2.00 e. The standard InChI is InChI=1S/2C28H46O4.Ca/c2*1-2-3-4-5-6-7-8-9-10-11-12-13-14-15-16-17-18-19-23-32-28(31)26-22-20-21-25(24-26)27(29)30;/h2*20-22,24H,2-19,23H2,1H3,(H,29,30);/q;;+2/p-2. The quantitative estimate of drug-likeness (QED) is 0.0365. The van der Waals surface area contributed by atoms with Crippen LogP contribution in [0.2, 0.25) is 0 Å². The summed E-state index contributed by atoms with van der Waals surface area (Å²) in [5.74, 6) is -3.52. The summed E-state index contributed by atoms with van der Waals surface area (Å²) >= 11 is 0. The van der Waals surface area contributed by atoms with E-state index in [2.05, 4.69) is 13.8 Å². The zero-order valence-electron chi connectivity index (χ0n) is 41.5. The molecule has 9 heteroatoms. The third kappa shape index (κ3) is 38.3. The van der Waals surface area contributed by atoms with E-state index in [-0.39, 0.29) is 60.0 Å². The summed E-state index contributed by atoms with van der Waals surface area (Å²) < 4.78 is 10.5. The molecule has 0 unspecified atom stereocenters. The van der Waals surface area contributed by atoms with Gasteiger partial charge in [-0.3, -0.25) is 0 Å². The molecule has 0 aliphatic carbocycles. The van der Waals surface area contributed by atoms with E-state index in [1.54, 1.807) is 12.1 Å². The van der Waals surface area contributed by atoms with Crippen molar-refractivity contribution in [1.29, 1.82) is 0 Å². The molecule has 2 rings (SSSR count). The Morgan fingerprint density at radius 3 is 0.754 bits per heavy atom. The summed E-state index contributed by atoms with van der Waals surface area (Å²) in [5, 5.41) is 21.7. The van der Waals surface area contributed by atoms with Crippen LogP contribution in [0.5, 0.6) is 0 Å². The Bertz CT molecular complexity index is 1340. The first-order valence-corrected chi connectivity index (χ1v) is 26.3. The van der Waals surface area contributed by atoms with Gasteiger partial charge in [-0.2, -0.15) is 0 Å². The molecule has 0 heterocycles. The van der Waals surface area contributed by atoms with Crippen molar-refractivity contribution in [1.82, 2.24) is 0 Å². The number of esters is 2. The molecular weight excluding hydrogens is 841 g/mol. The number of unbranched alkanes of at least 4 members (excludes halogenated alkanes) is 34.